The zero-order valence-electron chi connectivity index (χ0n) is 34.8. The van der Waals surface area contributed by atoms with E-state index in [-0.39, 0.29) is 33.2 Å². The van der Waals surface area contributed by atoms with Gasteiger partial charge in [-0.3, -0.25) is 0 Å². The highest BCUT2D eigenvalue weighted by atomic mass is 16.3. The first kappa shape index (κ1) is 38.9. The van der Waals surface area contributed by atoms with Crippen molar-refractivity contribution in [3.05, 3.63) is 117 Å². The third kappa shape index (κ3) is 7.19. The Bertz CT molecular complexity index is 2010. The van der Waals surface area contributed by atoms with Gasteiger partial charge in [0.15, 0.2) is 0 Å². The van der Waals surface area contributed by atoms with Gasteiger partial charge in [0.2, 0.25) is 0 Å². The minimum Gasteiger partial charge on any atom is -0.507 e. The maximum atomic E-state index is 11.9. The molecule has 2 heteroatoms. The largest absolute Gasteiger partial charge is 0.507 e. The molecule has 2 nitrogen and oxygen atoms in total. The molecule has 274 valence electrons. The highest BCUT2D eigenvalue weighted by molar-refractivity contribution is 5.98. The van der Waals surface area contributed by atoms with Crippen LogP contribution in [0, 0.1) is 27.7 Å². The first-order chi connectivity index (χ1) is 23.8. The summed E-state index contributed by atoms with van der Waals surface area (Å²) in [5.74, 6) is 0.314. The van der Waals surface area contributed by atoms with Crippen LogP contribution in [0.5, 0.6) is 11.5 Å². The Balaban J connectivity index is 1.83. The first-order valence-electron chi connectivity index (χ1n) is 18.9. The van der Waals surface area contributed by atoms with Crippen molar-refractivity contribution in [1.29, 1.82) is 0 Å². The summed E-state index contributed by atoms with van der Waals surface area (Å²) in [6.07, 6.45) is 0. The molecule has 5 aromatic carbocycles. The van der Waals surface area contributed by atoms with E-state index in [1.54, 1.807) is 12.1 Å². The number of rotatable bonds is 4. The fourth-order valence-electron chi connectivity index (χ4n) is 7.87. The van der Waals surface area contributed by atoms with Crippen molar-refractivity contribution in [2.75, 3.05) is 0 Å². The van der Waals surface area contributed by atoms with Crippen molar-refractivity contribution in [2.24, 2.45) is 0 Å². The van der Waals surface area contributed by atoms with Crippen LogP contribution < -0.4 is 0 Å². The molecule has 2 N–H and O–H groups in total. The van der Waals surface area contributed by atoms with E-state index >= 15 is 0 Å². The van der Waals surface area contributed by atoms with Gasteiger partial charge in [0.05, 0.1) is 0 Å². The number of phenolic OH excluding ortho intramolecular Hbond substituents is 2. The van der Waals surface area contributed by atoms with E-state index in [1.807, 2.05) is 0 Å². The topological polar surface area (TPSA) is 40.5 Å². The quantitative estimate of drug-likeness (QED) is 0.184. The lowest BCUT2D eigenvalue weighted by atomic mass is 9.75. The monoisotopic (exact) mass is 694 g/mol. The third-order valence-corrected chi connectivity index (χ3v) is 11.0. The molecule has 0 aliphatic rings. The zero-order valence-corrected chi connectivity index (χ0v) is 34.8. The van der Waals surface area contributed by atoms with E-state index in [0.717, 1.165) is 44.5 Å². The minimum atomic E-state index is -0.0853. The van der Waals surface area contributed by atoms with Gasteiger partial charge in [-0.1, -0.05) is 144 Å². The molecule has 0 aliphatic carbocycles. The van der Waals surface area contributed by atoms with Gasteiger partial charge in [-0.15, -0.1) is 0 Å². The predicted octanol–water partition coefficient (Wildman–Crippen LogP) is 14.2. The van der Waals surface area contributed by atoms with Crippen LogP contribution in [0.3, 0.4) is 0 Å². The Morgan fingerprint density at radius 1 is 0.346 bits per heavy atom. The molecule has 0 aliphatic heterocycles. The zero-order chi connectivity index (χ0) is 38.9. The molecule has 0 saturated heterocycles. The summed E-state index contributed by atoms with van der Waals surface area (Å²) in [6, 6.07) is 25.9. The molecule has 0 fully saturated rings. The van der Waals surface area contributed by atoms with Crippen LogP contribution in [0.25, 0.3) is 44.5 Å². The molecule has 0 atom stereocenters. The lowest BCUT2D eigenvalue weighted by molar-refractivity contribution is 0.463. The van der Waals surface area contributed by atoms with E-state index in [1.165, 1.54) is 33.4 Å². The molecule has 0 bridgehead atoms. The molecule has 0 amide bonds. The van der Waals surface area contributed by atoms with Gasteiger partial charge in [-0.05, 0) is 139 Å². The van der Waals surface area contributed by atoms with E-state index in [9.17, 15) is 10.2 Å². The Morgan fingerprint density at radius 2 is 0.654 bits per heavy atom. The summed E-state index contributed by atoms with van der Waals surface area (Å²) < 4.78 is 0. The highest BCUT2D eigenvalue weighted by Crippen LogP contribution is 2.51. The SMILES string of the molecule is Cc1ccc(-c2ccc(C(C)(C)C)cc2C(C)(C)C)c(C)c1-c1c(O)ccc(O)c1-c1c(C)ccc(-c2ccc(C(C)(C)C)cc2C(C)(C)C)c1C. The van der Waals surface area contributed by atoms with Crippen LogP contribution in [-0.2, 0) is 21.7 Å². The van der Waals surface area contributed by atoms with Gasteiger partial charge < -0.3 is 10.2 Å². The van der Waals surface area contributed by atoms with E-state index < -0.39 is 0 Å². The third-order valence-electron chi connectivity index (χ3n) is 11.0. The van der Waals surface area contributed by atoms with Gasteiger partial charge in [0, 0.05) is 11.1 Å². The number of benzene rings is 5. The summed E-state index contributed by atoms with van der Waals surface area (Å²) in [4.78, 5) is 0. The van der Waals surface area contributed by atoms with Gasteiger partial charge in [-0.2, -0.15) is 0 Å². The molecular formula is C50H62O2. The van der Waals surface area contributed by atoms with E-state index in [0.29, 0.717) is 11.1 Å². The molecule has 52 heavy (non-hydrogen) atoms. The van der Waals surface area contributed by atoms with Crippen molar-refractivity contribution >= 4 is 0 Å². The minimum absolute atomic E-state index is 0.0286. The average molecular weight is 695 g/mol. The second kappa shape index (κ2) is 13.3. The fourth-order valence-corrected chi connectivity index (χ4v) is 7.87. The van der Waals surface area contributed by atoms with Crippen LogP contribution >= 0.6 is 0 Å². The Hall–Kier alpha value is -4.30. The molecule has 5 aromatic rings. The van der Waals surface area contributed by atoms with Gasteiger partial charge in [0.25, 0.3) is 0 Å². The number of aromatic hydroxyl groups is 2. The van der Waals surface area contributed by atoms with Crippen LogP contribution in [0.4, 0.5) is 0 Å². The maximum absolute atomic E-state index is 11.9. The standard InChI is InChI=1S/C50H62O2/c1-29-17-21-35(37-23-19-33(47(5,6)7)27-39(37)49(11,12)13)31(3)43(29)45-41(51)25-26-42(52)46(45)44-30(2)18-22-36(32(44)4)38-24-20-34(48(8,9)10)28-40(38)50(14,15)16/h17-28,51-52H,1-16H3. The van der Waals surface area contributed by atoms with E-state index in [4.69, 9.17) is 0 Å². The van der Waals surface area contributed by atoms with Crippen LogP contribution in [0.2, 0.25) is 0 Å². The normalized spacial score (nSPS) is 12.8. The summed E-state index contributed by atoms with van der Waals surface area (Å²) in [6.45, 7) is 35.8. The molecule has 0 saturated carbocycles. The van der Waals surface area contributed by atoms with Gasteiger partial charge in [-0.25, -0.2) is 0 Å². The maximum Gasteiger partial charge on any atom is 0.124 e. The lowest BCUT2D eigenvalue weighted by Crippen LogP contribution is -2.17. The Kier molecular flexibility index (Phi) is 9.94. The summed E-state index contributed by atoms with van der Waals surface area (Å²) in [5, 5.41) is 23.7. The lowest BCUT2D eigenvalue weighted by Gasteiger charge is -2.29. The molecule has 5 rings (SSSR count). The molecule has 0 heterocycles. The number of hydrogen-bond donors (Lipinski definition) is 2. The van der Waals surface area contributed by atoms with Crippen LogP contribution in [0.1, 0.15) is 128 Å². The smallest absolute Gasteiger partial charge is 0.124 e. The summed E-state index contributed by atoms with van der Waals surface area (Å²) in [7, 11) is 0. The fraction of sp³-hybridized carbons (Fsp3) is 0.400. The van der Waals surface area contributed by atoms with Crippen LogP contribution in [-0.4, -0.2) is 10.2 Å². The molecular weight excluding hydrogens is 633 g/mol. The highest BCUT2D eigenvalue weighted by Gasteiger charge is 2.29. The Morgan fingerprint density at radius 3 is 0.942 bits per heavy atom. The average Bonchev–Trinajstić information content (AvgIpc) is 3.01. The van der Waals surface area contributed by atoms with Crippen molar-refractivity contribution in [1.82, 2.24) is 0 Å². The second-order valence-corrected chi connectivity index (χ2v) is 19.2. The molecule has 0 spiro atoms. The van der Waals surface area contributed by atoms with Gasteiger partial charge >= 0.3 is 0 Å². The van der Waals surface area contributed by atoms with Crippen molar-refractivity contribution in [3.8, 4) is 56.0 Å². The first-order valence-corrected chi connectivity index (χ1v) is 18.9. The van der Waals surface area contributed by atoms with Crippen LogP contribution in [0.15, 0.2) is 72.8 Å². The second-order valence-electron chi connectivity index (χ2n) is 19.2. The van der Waals surface area contributed by atoms with Crippen molar-refractivity contribution in [3.63, 3.8) is 0 Å². The van der Waals surface area contributed by atoms with Crippen molar-refractivity contribution < 1.29 is 10.2 Å². The molecule has 0 aromatic heterocycles. The Labute approximate surface area is 315 Å². The summed E-state index contributed by atoms with van der Waals surface area (Å²) >= 11 is 0. The molecule has 0 unspecified atom stereocenters. The predicted molar refractivity (Wildman–Crippen MR) is 225 cm³/mol. The van der Waals surface area contributed by atoms with Gasteiger partial charge in [0.1, 0.15) is 11.5 Å². The van der Waals surface area contributed by atoms with E-state index in [2.05, 4.69) is 171 Å². The van der Waals surface area contributed by atoms with Crippen molar-refractivity contribution in [2.45, 2.75) is 132 Å². The molecule has 0 radical (unpaired) electrons. The number of hydrogen-bond acceptors (Lipinski definition) is 2. The summed E-state index contributed by atoms with van der Waals surface area (Å²) in [5.41, 5.74) is 17.3. The number of aryl methyl sites for hydroxylation is 2. The number of phenols is 2.